The number of nitrogens with two attached hydrogens (primary N) is 1. The van der Waals surface area contributed by atoms with E-state index < -0.39 is 37.3 Å². The second-order valence-corrected chi connectivity index (χ2v) is 3.70. The molecular formula is C7H14N2O5S. The summed E-state index contributed by atoms with van der Waals surface area (Å²) in [5.41, 5.74) is 5.18. The molecule has 1 aliphatic heterocycles. The first-order valence-corrected chi connectivity index (χ1v) is 4.74. The Morgan fingerprint density at radius 3 is 2.33 bits per heavy atom. The van der Waals surface area contributed by atoms with Crippen molar-refractivity contribution < 1.29 is 25.2 Å². The van der Waals surface area contributed by atoms with Crippen molar-refractivity contribution in [3.63, 3.8) is 0 Å². The van der Waals surface area contributed by atoms with Gasteiger partial charge >= 0.3 is 0 Å². The topological polar surface area (TPSA) is 128 Å². The van der Waals surface area contributed by atoms with Crippen molar-refractivity contribution >= 4 is 17.3 Å². The van der Waals surface area contributed by atoms with E-state index in [4.69, 9.17) is 15.6 Å². The molecule has 1 heterocycles. The summed E-state index contributed by atoms with van der Waals surface area (Å²) in [6.45, 7) is -0.486. The monoisotopic (exact) mass is 238 g/mol. The van der Waals surface area contributed by atoms with Gasteiger partial charge in [0.05, 0.1) is 6.61 Å². The van der Waals surface area contributed by atoms with Crippen LogP contribution in [0.5, 0.6) is 0 Å². The van der Waals surface area contributed by atoms with Gasteiger partial charge in [-0.3, -0.25) is 0 Å². The largest absolute Gasteiger partial charge is 0.394 e. The molecule has 1 rings (SSSR count). The van der Waals surface area contributed by atoms with E-state index in [0.29, 0.717) is 0 Å². The van der Waals surface area contributed by atoms with E-state index in [1.165, 1.54) is 0 Å². The zero-order valence-electron chi connectivity index (χ0n) is 7.78. The molecule has 0 amide bonds. The molecule has 0 aromatic heterocycles. The van der Waals surface area contributed by atoms with Crippen LogP contribution in [0.2, 0.25) is 0 Å². The molecule has 0 aromatic carbocycles. The average Bonchev–Trinajstić information content (AvgIpc) is 2.18. The van der Waals surface area contributed by atoms with E-state index in [-0.39, 0.29) is 5.11 Å². The van der Waals surface area contributed by atoms with Crippen molar-refractivity contribution in [2.75, 3.05) is 6.61 Å². The van der Waals surface area contributed by atoms with Crippen molar-refractivity contribution in [1.82, 2.24) is 5.32 Å². The number of hydrogen-bond donors (Lipinski definition) is 6. The van der Waals surface area contributed by atoms with Gasteiger partial charge in [0.25, 0.3) is 0 Å². The maximum atomic E-state index is 9.48. The Hall–Kier alpha value is -0.510. The first-order valence-electron chi connectivity index (χ1n) is 4.34. The lowest BCUT2D eigenvalue weighted by molar-refractivity contribution is -0.232. The molecule has 15 heavy (non-hydrogen) atoms. The van der Waals surface area contributed by atoms with E-state index in [1.54, 1.807) is 0 Å². The van der Waals surface area contributed by atoms with Crippen molar-refractivity contribution in [2.45, 2.75) is 30.6 Å². The molecule has 1 saturated heterocycles. The zero-order chi connectivity index (χ0) is 11.6. The van der Waals surface area contributed by atoms with E-state index >= 15 is 0 Å². The third-order valence-corrected chi connectivity index (χ3v) is 2.29. The Kier molecular flexibility index (Phi) is 4.20. The molecule has 0 spiro atoms. The molecule has 0 aliphatic carbocycles. The van der Waals surface area contributed by atoms with Gasteiger partial charge in [-0.2, -0.15) is 0 Å². The predicted molar refractivity (Wildman–Crippen MR) is 53.7 cm³/mol. The molecule has 8 heteroatoms. The van der Waals surface area contributed by atoms with Crippen LogP contribution >= 0.6 is 12.2 Å². The Labute approximate surface area is 91.5 Å². The number of nitrogens with one attached hydrogen (secondary N) is 1. The summed E-state index contributed by atoms with van der Waals surface area (Å²) >= 11 is 4.54. The summed E-state index contributed by atoms with van der Waals surface area (Å²) in [4.78, 5) is 0. The number of rotatable bonds is 2. The van der Waals surface area contributed by atoms with Crippen molar-refractivity contribution in [3.8, 4) is 0 Å². The van der Waals surface area contributed by atoms with Gasteiger partial charge < -0.3 is 36.2 Å². The van der Waals surface area contributed by atoms with E-state index in [9.17, 15) is 15.3 Å². The van der Waals surface area contributed by atoms with Crippen LogP contribution in [0.1, 0.15) is 0 Å². The summed E-state index contributed by atoms with van der Waals surface area (Å²) in [5.74, 6) is 0. The zero-order valence-corrected chi connectivity index (χ0v) is 8.59. The fraction of sp³-hybridized carbons (Fsp3) is 0.857. The van der Waals surface area contributed by atoms with Crippen LogP contribution in [0.15, 0.2) is 0 Å². The number of thiocarbonyl (C=S) groups is 1. The predicted octanol–water partition coefficient (Wildman–Crippen LogP) is -3.38. The Balaban J connectivity index is 2.69. The van der Waals surface area contributed by atoms with E-state index in [2.05, 4.69) is 17.5 Å². The van der Waals surface area contributed by atoms with E-state index in [0.717, 1.165) is 0 Å². The standard InChI is InChI=1S/C7H14N2O5S/c8-7(15)9-6-5(13)4(12)3(11)2(1-10)14-6/h2-6,10-13H,1H2,(H3,8,9,15)/t2-,3-,4+,5-,6+/m1/s1. The second kappa shape index (κ2) is 5.01. The Bertz CT molecular complexity index is 239. The van der Waals surface area contributed by atoms with Crippen molar-refractivity contribution in [2.24, 2.45) is 5.73 Å². The SMILES string of the molecule is NC(=S)N[C@H]1O[C@H](CO)[C@@H](O)[C@H](O)[C@H]1O. The van der Waals surface area contributed by atoms with Crippen LogP contribution in [0, 0.1) is 0 Å². The maximum absolute atomic E-state index is 9.48. The smallest absolute Gasteiger partial charge is 0.165 e. The molecular weight excluding hydrogens is 224 g/mol. The molecule has 0 unspecified atom stereocenters. The lowest BCUT2D eigenvalue weighted by Gasteiger charge is -2.40. The van der Waals surface area contributed by atoms with Crippen LogP contribution in [0.3, 0.4) is 0 Å². The minimum atomic E-state index is -1.43. The maximum Gasteiger partial charge on any atom is 0.165 e. The summed E-state index contributed by atoms with van der Waals surface area (Å²) in [7, 11) is 0. The lowest BCUT2D eigenvalue weighted by atomic mass is 9.98. The Morgan fingerprint density at radius 1 is 1.27 bits per heavy atom. The van der Waals surface area contributed by atoms with Gasteiger partial charge in [0, 0.05) is 0 Å². The molecule has 5 atom stereocenters. The summed E-state index contributed by atoms with van der Waals surface area (Å²) in [6, 6.07) is 0. The first-order chi connectivity index (χ1) is 6.97. The fourth-order valence-corrected chi connectivity index (χ4v) is 1.48. The molecule has 1 fully saturated rings. The third-order valence-electron chi connectivity index (χ3n) is 2.18. The molecule has 7 nitrogen and oxygen atoms in total. The average molecular weight is 238 g/mol. The van der Waals surface area contributed by atoms with E-state index in [1.807, 2.05) is 0 Å². The van der Waals surface area contributed by atoms with Gasteiger partial charge in [-0.25, -0.2) is 0 Å². The molecule has 0 bridgehead atoms. The van der Waals surface area contributed by atoms with Crippen molar-refractivity contribution in [3.05, 3.63) is 0 Å². The van der Waals surface area contributed by atoms with Gasteiger partial charge in [0.2, 0.25) is 0 Å². The van der Waals surface area contributed by atoms with Crippen LogP contribution in [-0.4, -0.2) is 62.8 Å². The molecule has 0 aromatic rings. The number of ether oxygens (including phenoxy) is 1. The van der Waals surface area contributed by atoms with Crippen LogP contribution in [0.4, 0.5) is 0 Å². The molecule has 88 valence electrons. The lowest BCUT2D eigenvalue weighted by Crippen LogP contribution is -2.63. The summed E-state index contributed by atoms with van der Waals surface area (Å²) in [6.07, 6.45) is -6.19. The number of aliphatic hydroxyl groups is 4. The Morgan fingerprint density at radius 2 is 1.87 bits per heavy atom. The highest BCUT2D eigenvalue weighted by Gasteiger charge is 2.43. The van der Waals surface area contributed by atoms with Crippen LogP contribution < -0.4 is 11.1 Å². The fourth-order valence-electron chi connectivity index (χ4n) is 1.36. The van der Waals surface area contributed by atoms with Gasteiger partial charge in [-0.05, 0) is 12.2 Å². The first kappa shape index (κ1) is 12.6. The molecule has 7 N–H and O–H groups in total. The minimum absolute atomic E-state index is 0.112. The van der Waals surface area contributed by atoms with Gasteiger partial charge in [0.1, 0.15) is 24.4 Å². The highest BCUT2D eigenvalue weighted by molar-refractivity contribution is 7.80. The molecule has 0 saturated carbocycles. The third kappa shape index (κ3) is 2.74. The summed E-state index contributed by atoms with van der Waals surface area (Å²) < 4.78 is 5.05. The van der Waals surface area contributed by atoms with Gasteiger partial charge in [-0.1, -0.05) is 0 Å². The van der Waals surface area contributed by atoms with Crippen LogP contribution in [-0.2, 0) is 4.74 Å². The number of aliphatic hydroxyl groups excluding tert-OH is 4. The quantitative estimate of drug-likeness (QED) is 0.275. The highest BCUT2D eigenvalue weighted by Crippen LogP contribution is 2.19. The van der Waals surface area contributed by atoms with Crippen molar-refractivity contribution in [1.29, 1.82) is 0 Å². The molecule has 1 aliphatic rings. The minimum Gasteiger partial charge on any atom is -0.394 e. The van der Waals surface area contributed by atoms with Gasteiger partial charge in [0.15, 0.2) is 11.3 Å². The second-order valence-electron chi connectivity index (χ2n) is 3.26. The highest BCUT2D eigenvalue weighted by atomic mass is 32.1. The normalized spacial score (nSPS) is 41.2. The van der Waals surface area contributed by atoms with Gasteiger partial charge in [-0.15, -0.1) is 0 Å². The molecule has 0 radical (unpaired) electrons. The summed E-state index contributed by atoms with van der Waals surface area (Å²) in [5, 5.41) is 39.4. The number of hydrogen-bond acceptors (Lipinski definition) is 6. The van der Waals surface area contributed by atoms with Crippen LogP contribution in [0.25, 0.3) is 0 Å².